The molecular weight excluding hydrogens is 312 g/mol. The van der Waals surface area contributed by atoms with Crippen molar-refractivity contribution >= 4 is 43.6 Å². The van der Waals surface area contributed by atoms with E-state index in [1.54, 1.807) is 0 Å². The molecule has 0 aliphatic heterocycles. The maximum absolute atomic E-state index is 11.3. The highest BCUT2D eigenvalue weighted by atomic mass is 32.2. The predicted molar refractivity (Wildman–Crippen MR) is 69.4 cm³/mol. The molecule has 2 rings (SSSR count). The molecule has 19 heavy (non-hydrogen) atoms. The maximum atomic E-state index is 11.3. The normalized spacial score (nSPS) is 12.7. The lowest BCUT2D eigenvalue weighted by molar-refractivity contribution is 0.482. The van der Waals surface area contributed by atoms with E-state index in [1.165, 1.54) is 18.2 Å². The molecule has 6 nitrogen and oxygen atoms in total. The quantitative estimate of drug-likeness (QED) is 0.818. The summed E-state index contributed by atoms with van der Waals surface area (Å²) in [5.41, 5.74) is 0. The van der Waals surface area contributed by atoms with Gasteiger partial charge < -0.3 is 0 Å². The zero-order chi connectivity index (χ0) is 14.4. The standard InChI is InChI=1S/C10H7O6S3/c11-18(12,13)8-4-6-3-7(17)1-2-9(6)10(5-8)19(14,15)16/h1-5H,(H,11,12,13)(H,14,15,16). The SMILES string of the molecule is O=S(=O)(O)c1cc(S(=O)(=O)O)c2ccc([S])cc2c1. The van der Waals surface area contributed by atoms with E-state index in [0.29, 0.717) is 11.0 Å². The van der Waals surface area contributed by atoms with Gasteiger partial charge >= 0.3 is 0 Å². The van der Waals surface area contributed by atoms with Crippen LogP contribution in [0.15, 0.2) is 45.0 Å². The van der Waals surface area contributed by atoms with Crippen molar-refractivity contribution in [3.63, 3.8) is 0 Å². The molecule has 0 amide bonds. The largest absolute Gasteiger partial charge is 0.295 e. The Balaban J connectivity index is 3.01. The zero-order valence-corrected chi connectivity index (χ0v) is 11.6. The van der Waals surface area contributed by atoms with Gasteiger partial charge in [0.2, 0.25) is 0 Å². The summed E-state index contributed by atoms with van der Waals surface area (Å²) in [5.74, 6) is 0. The average molecular weight is 319 g/mol. The minimum absolute atomic E-state index is 0.114. The number of benzene rings is 2. The molecule has 2 N–H and O–H groups in total. The van der Waals surface area contributed by atoms with Crippen LogP contribution in [0, 0.1) is 0 Å². The second-order valence-corrected chi connectivity index (χ2v) is 7.04. The Bertz CT molecular complexity index is 868. The first-order valence-corrected chi connectivity index (χ1v) is 8.08. The van der Waals surface area contributed by atoms with Crippen LogP contribution in [0.2, 0.25) is 0 Å². The second-order valence-electron chi connectivity index (χ2n) is 3.75. The minimum atomic E-state index is -4.63. The first-order chi connectivity index (χ1) is 8.59. The van der Waals surface area contributed by atoms with Crippen LogP contribution in [0.5, 0.6) is 0 Å². The number of rotatable bonds is 2. The molecule has 0 atom stereocenters. The Morgan fingerprint density at radius 1 is 0.895 bits per heavy atom. The van der Waals surface area contributed by atoms with E-state index in [1.807, 2.05) is 0 Å². The fourth-order valence-corrected chi connectivity index (χ4v) is 3.20. The smallest absolute Gasteiger partial charge is 0.282 e. The van der Waals surface area contributed by atoms with Crippen molar-refractivity contribution in [1.29, 1.82) is 0 Å². The zero-order valence-electron chi connectivity index (χ0n) is 9.14. The maximum Gasteiger partial charge on any atom is 0.295 e. The van der Waals surface area contributed by atoms with Gasteiger partial charge in [0.15, 0.2) is 0 Å². The third kappa shape index (κ3) is 2.85. The molecule has 0 aliphatic rings. The highest BCUT2D eigenvalue weighted by Gasteiger charge is 2.20. The van der Waals surface area contributed by atoms with Gasteiger partial charge in [-0.15, -0.1) is 0 Å². The first-order valence-electron chi connectivity index (χ1n) is 4.79. The molecule has 0 heterocycles. The van der Waals surface area contributed by atoms with Crippen LogP contribution in [0.25, 0.3) is 10.8 Å². The van der Waals surface area contributed by atoms with Crippen LogP contribution in [0.1, 0.15) is 0 Å². The van der Waals surface area contributed by atoms with Gasteiger partial charge in [0.25, 0.3) is 20.2 Å². The van der Waals surface area contributed by atoms with E-state index < -0.39 is 30.0 Å². The van der Waals surface area contributed by atoms with Crippen LogP contribution in [-0.2, 0) is 20.2 Å². The van der Waals surface area contributed by atoms with Crippen molar-refractivity contribution in [3.8, 4) is 0 Å². The molecule has 0 aromatic heterocycles. The number of hydrogen-bond acceptors (Lipinski definition) is 4. The molecule has 101 valence electrons. The Hall–Kier alpha value is -1.26. The van der Waals surface area contributed by atoms with Crippen molar-refractivity contribution in [2.45, 2.75) is 14.7 Å². The molecule has 2 aromatic carbocycles. The summed E-state index contributed by atoms with van der Waals surface area (Å²) < 4.78 is 62.8. The molecule has 0 saturated heterocycles. The van der Waals surface area contributed by atoms with Crippen molar-refractivity contribution in [1.82, 2.24) is 0 Å². The summed E-state index contributed by atoms with van der Waals surface area (Å²) in [5, 5.41) is 0.304. The molecule has 0 fully saturated rings. The molecule has 2 aromatic rings. The predicted octanol–water partition coefficient (Wildman–Crippen LogP) is 1.89. The van der Waals surface area contributed by atoms with E-state index in [9.17, 15) is 16.8 Å². The molecule has 0 aliphatic carbocycles. The minimum Gasteiger partial charge on any atom is -0.282 e. The average Bonchev–Trinajstić information content (AvgIpc) is 2.24. The molecule has 9 heteroatoms. The van der Waals surface area contributed by atoms with E-state index in [4.69, 9.17) is 21.7 Å². The van der Waals surface area contributed by atoms with Crippen LogP contribution < -0.4 is 0 Å². The summed E-state index contributed by atoms with van der Waals surface area (Å²) in [6, 6.07) is 5.94. The summed E-state index contributed by atoms with van der Waals surface area (Å²) in [4.78, 5) is -0.873. The Morgan fingerprint density at radius 3 is 2.05 bits per heavy atom. The van der Waals surface area contributed by atoms with Gasteiger partial charge in [0.05, 0.1) is 4.90 Å². The highest BCUT2D eigenvalue weighted by Crippen LogP contribution is 2.28. The highest BCUT2D eigenvalue weighted by molar-refractivity contribution is 7.86. The van der Waals surface area contributed by atoms with Crippen LogP contribution in [0.3, 0.4) is 0 Å². The Morgan fingerprint density at radius 2 is 1.53 bits per heavy atom. The summed E-state index contributed by atoms with van der Waals surface area (Å²) >= 11 is 4.89. The van der Waals surface area contributed by atoms with E-state index in [0.717, 1.165) is 6.07 Å². The van der Waals surface area contributed by atoms with Gasteiger partial charge in [0.1, 0.15) is 4.90 Å². The van der Waals surface area contributed by atoms with E-state index in [2.05, 4.69) is 0 Å². The van der Waals surface area contributed by atoms with Crippen molar-refractivity contribution in [2.75, 3.05) is 0 Å². The molecular formula is C10H7O6S3. The number of fused-ring (bicyclic) bond motifs is 1. The topological polar surface area (TPSA) is 109 Å². The molecule has 0 unspecified atom stereocenters. The van der Waals surface area contributed by atoms with Gasteiger partial charge in [0, 0.05) is 10.3 Å². The van der Waals surface area contributed by atoms with Crippen molar-refractivity contribution < 1.29 is 25.9 Å². The van der Waals surface area contributed by atoms with Gasteiger partial charge in [-0.25, -0.2) is 0 Å². The molecule has 0 spiro atoms. The van der Waals surface area contributed by atoms with E-state index in [-0.39, 0.29) is 10.8 Å². The fourth-order valence-electron chi connectivity index (χ4n) is 1.65. The molecule has 1 radical (unpaired) electrons. The van der Waals surface area contributed by atoms with E-state index >= 15 is 0 Å². The molecule has 0 bridgehead atoms. The van der Waals surface area contributed by atoms with Gasteiger partial charge in [-0.2, -0.15) is 16.8 Å². The van der Waals surface area contributed by atoms with Crippen LogP contribution in [-0.4, -0.2) is 25.9 Å². The van der Waals surface area contributed by atoms with Crippen LogP contribution >= 0.6 is 12.6 Å². The summed E-state index contributed by atoms with van der Waals surface area (Å²) in [7, 11) is -9.23. The fraction of sp³-hybridized carbons (Fsp3) is 0. The lowest BCUT2D eigenvalue weighted by atomic mass is 10.1. The van der Waals surface area contributed by atoms with Crippen molar-refractivity contribution in [3.05, 3.63) is 30.3 Å². The lowest BCUT2D eigenvalue weighted by Crippen LogP contribution is -2.04. The molecule has 0 saturated carbocycles. The summed E-state index contributed by atoms with van der Waals surface area (Å²) in [6.45, 7) is 0. The van der Waals surface area contributed by atoms with Crippen molar-refractivity contribution in [2.24, 2.45) is 0 Å². The van der Waals surface area contributed by atoms with Gasteiger partial charge in [-0.1, -0.05) is 18.7 Å². The monoisotopic (exact) mass is 319 g/mol. The van der Waals surface area contributed by atoms with Gasteiger partial charge in [-0.05, 0) is 29.7 Å². The summed E-state index contributed by atoms with van der Waals surface area (Å²) in [6.07, 6.45) is 0. The Labute approximate surface area is 115 Å². The van der Waals surface area contributed by atoms with Gasteiger partial charge in [-0.3, -0.25) is 9.11 Å². The lowest BCUT2D eigenvalue weighted by Gasteiger charge is -2.07. The first kappa shape index (κ1) is 14.2. The second kappa shape index (κ2) is 4.39. The Kier molecular flexibility index (Phi) is 3.27. The number of hydrogen-bond donors (Lipinski definition) is 2. The van der Waals surface area contributed by atoms with Crippen LogP contribution in [0.4, 0.5) is 0 Å². The third-order valence-corrected chi connectivity index (χ3v) is 4.41. The third-order valence-electron chi connectivity index (χ3n) is 2.44.